The molecule has 5 nitrogen and oxygen atoms in total. The Hall–Kier alpha value is -1.91. The monoisotopic (exact) mass is 180 g/mol. The Morgan fingerprint density at radius 1 is 1.62 bits per heavy atom. The van der Waals surface area contributed by atoms with E-state index in [1.54, 1.807) is 12.1 Å². The van der Waals surface area contributed by atoms with Crippen LogP contribution in [-0.4, -0.2) is 18.2 Å². The molecule has 0 N–H and O–H groups in total. The van der Waals surface area contributed by atoms with E-state index in [0.29, 0.717) is 5.56 Å². The van der Waals surface area contributed by atoms with E-state index in [2.05, 4.69) is 9.99 Å². The van der Waals surface area contributed by atoms with E-state index in [-0.39, 0.29) is 5.69 Å². The minimum Gasteiger partial charge on any atom is -0.399 e. The van der Waals surface area contributed by atoms with Crippen LogP contribution in [0.2, 0.25) is 0 Å². The highest BCUT2D eigenvalue weighted by molar-refractivity contribution is 5.80. The molecular weight excluding hydrogens is 172 g/mol. The van der Waals surface area contributed by atoms with Crippen molar-refractivity contribution in [1.29, 1.82) is 0 Å². The lowest BCUT2D eigenvalue weighted by Gasteiger charge is -1.92. The number of nitro groups is 1. The van der Waals surface area contributed by atoms with Crippen LogP contribution in [-0.2, 0) is 4.84 Å². The van der Waals surface area contributed by atoms with E-state index in [1.165, 1.54) is 25.5 Å². The fraction of sp³-hybridized carbons (Fsp3) is 0.125. The van der Waals surface area contributed by atoms with E-state index in [4.69, 9.17) is 0 Å². The Bertz CT molecular complexity index is 336. The first-order valence-corrected chi connectivity index (χ1v) is 3.55. The fourth-order valence-corrected chi connectivity index (χ4v) is 0.832. The van der Waals surface area contributed by atoms with Crippen molar-refractivity contribution in [1.82, 2.24) is 0 Å². The maximum atomic E-state index is 10.4. The average Bonchev–Trinajstić information content (AvgIpc) is 2.15. The Balaban J connectivity index is 2.92. The van der Waals surface area contributed by atoms with Gasteiger partial charge in [-0.25, -0.2) is 0 Å². The third-order valence-electron chi connectivity index (χ3n) is 1.39. The molecule has 68 valence electrons. The van der Waals surface area contributed by atoms with Gasteiger partial charge in [0.1, 0.15) is 7.11 Å². The summed E-state index contributed by atoms with van der Waals surface area (Å²) in [6.45, 7) is 0. The number of non-ortho nitro benzene ring substituents is 1. The molecule has 0 unspecified atom stereocenters. The fourth-order valence-electron chi connectivity index (χ4n) is 0.832. The third-order valence-corrected chi connectivity index (χ3v) is 1.39. The molecule has 5 heteroatoms. The molecule has 13 heavy (non-hydrogen) atoms. The standard InChI is InChI=1S/C8H8N2O3/c1-13-9-6-7-3-2-4-8(5-7)10(11)12/h2-6H,1H3. The number of benzene rings is 1. The summed E-state index contributed by atoms with van der Waals surface area (Å²) in [7, 11) is 1.41. The summed E-state index contributed by atoms with van der Waals surface area (Å²) >= 11 is 0. The molecule has 0 aliphatic heterocycles. The molecule has 0 amide bonds. The first-order chi connectivity index (χ1) is 6.24. The second-order valence-corrected chi connectivity index (χ2v) is 2.27. The van der Waals surface area contributed by atoms with E-state index in [9.17, 15) is 10.1 Å². The Labute approximate surface area is 74.8 Å². The van der Waals surface area contributed by atoms with Crippen molar-refractivity contribution in [2.45, 2.75) is 0 Å². The molecule has 0 spiro atoms. The van der Waals surface area contributed by atoms with Crippen LogP contribution in [0.5, 0.6) is 0 Å². The minimum atomic E-state index is -0.454. The van der Waals surface area contributed by atoms with Gasteiger partial charge in [0.25, 0.3) is 5.69 Å². The van der Waals surface area contributed by atoms with Gasteiger partial charge in [0, 0.05) is 17.7 Å². The highest BCUT2D eigenvalue weighted by atomic mass is 16.6. The van der Waals surface area contributed by atoms with Crippen molar-refractivity contribution in [3.8, 4) is 0 Å². The van der Waals surface area contributed by atoms with Crippen molar-refractivity contribution < 1.29 is 9.76 Å². The first-order valence-electron chi connectivity index (χ1n) is 3.55. The van der Waals surface area contributed by atoms with Crippen molar-refractivity contribution >= 4 is 11.9 Å². The Morgan fingerprint density at radius 2 is 2.38 bits per heavy atom. The second-order valence-electron chi connectivity index (χ2n) is 2.27. The van der Waals surface area contributed by atoms with Crippen molar-refractivity contribution in [3.05, 3.63) is 39.9 Å². The van der Waals surface area contributed by atoms with Gasteiger partial charge in [0.15, 0.2) is 0 Å². The van der Waals surface area contributed by atoms with Gasteiger partial charge >= 0.3 is 0 Å². The number of nitro benzene ring substituents is 1. The molecule has 0 aromatic heterocycles. The molecular formula is C8H8N2O3. The van der Waals surface area contributed by atoms with Crippen LogP contribution in [0.3, 0.4) is 0 Å². The second kappa shape index (κ2) is 4.20. The van der Waals surface area contributed by atoms with Crippen LogP contribution in [0, 0.1) is 10.1 Å². The molecule has 0 saturated heterocycles. The first kappa shape index (κ1) is 9.18. The zero-order valence-electron chi connectivity index (χ0n) is 7.01. The number of nitrogens with zero attached hydrogens (tertiary/aromatic N) is 2. The molecule has 1 rings (SSSR count). The number of hydrogen-bond donors (Lipinski definition) is 0. The summed E-state index contributed by atoms with van der Waals surface area (Å²) in [5.74, 6) is 0. The molecule has 0 bridgehead atoms. The summed E-state index contributed by atoms with van der Waals surface area (Å²) in [5, 5.41) is 13.9. The zero-order chi connectivity index (χ0) is 9.68. The van der Waals surface area contributed by atoms with Gasteiger partial charge < -0.3 is 4.84 Å². The lowest BCUT2D eigenvalue weighted by molar-refractivity contribution is -0.384. The summed E-state index contributed by atoms with van der Waals surface area (Å²) in [6, 6.07) is 6.14. The SMILES string of the molecule is CON=Cc1cccc([N+](=O)[O-])c1. The molecule has 0 aliphatic rings. The number of rotatable bonds is 3. The maximum absolute atomic E-state index is 10.4. The Morgan fingerprint density at radius 3 is 3.00 bits per heavy atom. The smallest absolute Gasteiger partial charge is 0.270 e. The molecule has 0 saturated carbocycles. The van der Waals surface area contributed by atoms with Gasteiger partial charge in [-0.2, -0.15) is 0 Å². The predicted molar refractivity (Wildman–Crippen MR) is 47.7 cm³/mol. The highest BCUT2D eigenvalue weighted by Gasteiger charge is 2.03. The summed E-state index contributed by atoms with van der Waals surface area (Å²) in [6.07, 6.45) is 1.41. The topological polar surface area (TPSA) is 64.7 Å². The lowest BCUT2D eigenvalue weighted by atomic mass is 10.2. The van der Waals surface area contributed by atoms with Crippen molar-refractivity contribution in [2.24, 2.45) is 5.16 Å². The molecule has 0 heterocycles. The number of hydrogen-bond acceptors (Lipinski definition) is 4. The van der Waals surface area contributed by atoms with Gasteiger partial charge in [-0.05, 0) is 0 Å². The lowest BCUT2D eigenvalue weighted by Crippen LogP contribution is -1.89. The largest absolute Gasteiger partial charge is 0.399 e. The van der Waals surface area contributed by atoms with Gasteiger partial charge in [-0.3, -0.25) is 10.1 Å². The van der Waals surface area contributed by atoms with E-state index >= 15 is 0 Å². The molecule has 0 aliphatic carbocycles. The van der Waals surface area contributed by atoms with Gasteiger partial charge in [0.2, 0.25) is 0 Å². The predicted octanol–water partition coefficient (Wildman–Crippen LogP) is 1.58. The van der Waals surface area contributed by atoms with Gasteiger partial charge in [0.05, 0.1) is 11.1 Å². The van der Waals surface area contributed by atoms with Crippen LogP contribution < -0.4 is 0 Å². The molecule has 0 radical (unpaired) electrons. The van der Waals surface area contributed by atoms with Gasteiger partial charge in [-0.1, -0.05) is 17.3 Å². The summed E-state index contributed by atoms with van der Waals surface area (Å²) in [4.78, 5) is 14.3. The van der Waals surface area contributed by atoms with Crippen molar-refractivity contribution in [2.75, 3.05) is 7.11 Å². The average molecular weight is 180 g/mol. The van der Waals surface area contributed by atoms with E-state index in [1.807, 2.05) is 0 Å². The van der Waals surface area contributed by atoms with Crippen LogP contribution >= 0.6 is 0 Å². The number of oxime groups is 1. The van der Waals surface area contributed by atoms with E-state index in [0.717, 1.165) is 0 Å². The van der Waals surface area contributed by atoms with Crippen molar-refractivity contribution in [3.63, 3.8) is 0 Å². The summed E-state index contributed by atoms with van der Waals surface area (Å²) < 4.78 is 0. The summed E-state index contributed by atoms with van der Waals surface area (Å²) in [5.41, 5.74) is 0.677. The van der Waals surface area contributed by atoms with Crippen LogP contribution in [0.4, 0.5) is 5.69 Å². The maximum Gasteiger partial charge on any atom is 0.270 e. The van der Waals surface area contributed by atoms with E-state index < -0.39 is 4.92 Å². The van der Waals surface area contributed by atoms with Crippen LogP contribution in [0.1, 0.15) is 5.56 Å². The minimum absolute atomic E-state index is 0.0417. The molecule has 1 aromatic rings. The zero-order valence-corrected chi connectivity index (χ0v) is 7.01. The van der Waals surface area contributed by atoms with Crippen LogP contribution in [0.25, 0.3) is 0 Å². The molecule has 0 fully saturated rings. The normalized spacial score (nSPS) is 10.2. The molecule has 0 atom stereocenters. The van der Waals surface area contributed by atoms with Gasteiger partial charge in [-0.15, -0.1) is 0 Å². The third kappa shape index (κ3) is 2.55. The quantitative estimate of drug-likeness (QED) is 0.403. The van der Waals surface area contributed by atoms with Crippen LogP contribution in [0.15, 0.2) is 29.4 Å². The molecule has 1 aromatic carbocycles. The Kier molecular flexibility index (Phi) is 2.97. The highest BCUT2D eigenvalue weighted by Crippen LogP contribution is 2.11.